The van der Waals surface area contributed by atoms with Crippen LogP contribution in [-0.2, 0) is 11.2 Å². The van der Waals surface area contributed by atoms with Crippen LogP contribution in [0.5, 0.6) is 0 Å². The number of rotatable bonds is 3. The van der Waals surface area contributed by atoms with Crippen LogP contribution >= 0.6 is 0 Å². The van der Waals surface area contributed by atoms with Crippen molar-refractivity contribution in [2.75, 3.05) is 0 Å². The summed E-state index contributed by atoms with van der Waals surface area (Å²) >= 11 is 0. The molecule has 0 fully saturated rings. The second-order valence-corrected chi connectivity index (χ2v) is 2.00. The molecule has 58 valence electrons. The smallest absolute Gasteiger partial charge is 0.303 e. The van der Waals surface area contributed by atoms with Crippen LogP contribution in [0.1, 0.15) is 18.8 Å². The van der Waals surface area contributed by atoms with E-state index in [2.05, 4.69) is 0 Å². The predicted molar refractivity (Wildman–Crippen MR) is 42.4 cm³/mol. The molecule has 0 radical (unpaired) electrons. The first-order valence-corrected chi connectivity index (χ1v) is 3.13. The van der Waals surface area contributed by atoms with Crippen LogP contribution < -0.4 is 0 Å². The van der Waals surface area contributed by atoms with Crippen LogP contribution in [0.3, 0.4) is 0 Å². The third-order valence-electron chi connectivity index (χ3n) is 1.14. The van der Waals surface area contributed by atoms with E-state index in [9.17, 15) is 4.79 Å². The lowest BCUT2D eigenvalue weighted by Gasteiger charge is -1.95. The number of carboxylic acid groups (broad SMARTS) is 1. The van der Waals surface area contributed by atoms with Gasteiger partial charge in [-0.15, -0.1) is 0 Å². The summed E-state index contributed by atoms with van der Waals surface area (Å²) in [6.07, 6.45) is -0.320. The van der Waals surface area contributed by atoms with Crippen molar-refractivity contribution < 1.29 is 16.8 Å². The molecule has 0 aliphatic heterocycles. The highest BCUT2D eigenvalue weighted by molar-refractivity contribution is 5.67. The molecular weight excluding hydrogens is 140 g/mol. The number of carboxylic acids is 1. The molecule has 1 aromatic carbocycles. The van der Waals surface area contributed by atoms with Gasteiger partial charge in [0, 0.05) is 6.42 Å². The van der Waals surface area contributed by atoms with Crippen molar-refractivity contribution in [3.63, 3.8) is 0 Å². The Labute approximate surface area is 72.5 Å². The minimum Gasteiger partial charge on any atom is -0.481 e. The van der Waals surface area contributed by atoms with Crippen LogP contribution in [0.25, 0.3) is 0 Å². The summed E-state index contributed by atoms with van der Waals surface area (Å²) in [7, 11) is 0. The molecule has 0 saturated carbocycles. The molecule has 0 unspecified atom stereocenters. The second-order valence-electron chi connectivity index (χ2n) is 2.00. The molecule has 0 aromatic heterocycles. The van der Waals surface area contributed by atoms with Crippen molar-refractivity contribution in [3.05, 3.63) is 35.8 Å². The lowest BCUT2D eigenvalue weighted by atomic mass is 10.1. The molecule has 2 nitrogen and oxygen atoms in total. The van der Waals surface area contributed by atoms with Crippen LogP contribution in [0, 0.1) is 0 Å². The van der Waals surface area contributed by atoms with Crippen molar-refractivity contribution in [1.82, 2.24) is 0 Å². The SMILES string of the molecule is [2H]c1c([2H])c([2H])c(CCC(=O)O)c([2H])c1[2H]. The zero-order valence-electron chi connectivity index (χ0n) is 10.8. The Kier molecular flexibility index (Phi) is 1.16. The number of aliphatic carboxylic acids is 1. The molecule has 1 rings (SSSR count). The van der Waals surface area contributed by atoms with E-state index in [4.69, 9.17) is 12.0 Å². The Morgan fingerprint density at radius 1 is 1.45 bits per heavy atom. The van der Waals surface area contributed by atoms with Gasteiger partial charge < -0.3 is 5.11 Å². The van der Waals surface area contributed by atoms with Crippen molar-refractivity contribution in [3.8, 4) is 0 Å². The number of hydrogen-bond donors (Lipinski definition) is 1. The van der Waals surface area contributed by atoms with Crippen molar-refractivity contribution in [1.29, 1.82) is 0 Å². The van der Waals surface area contributed by atoms with Crippen molar-refractivity contribution in [2.24, 2.45) is 0 Å². The number of hydrogen-bond acceptors (Lipinski definition) is 1. The zero-order valence-corrected chi connectivity index (χ0v) is 5.77. The Hall–Kier alpha value is -1.31. The molecule has 0 aliphatic rings. The standard InChI is InChI=1S/C9H10O2/c10-9(11)7-6-8-4-2-1-3-5-8/h1-5H,6-7H2,(H,10,11)/i1D,2D,3D,4D,5D. The zero-order chi connectivity index (χ0) is 12.5. The average molecular weight is 155 g/mol. The average Bonchev–Trinajstić information content (AvgIpc) is 2.23. The third-order valence-corrected chi connectivity index (χ3v) is 1.14. The molecule has 11 heavy (non-hydrogen) atoms. The first-order chi connectivity index (χ1) is 7.36. The minimum absolute atomic E-state index is 0.0494. The fourth-order valence-corrected chi connectivity index (χ4v) is 0.633. The van der Waals surface area contributed by atoms with E-state index in [1.54, 1.807) is 0 Å². The van der Waals surface area contributed by atoms with Crippen LogP contribution in [0.2, 0.25) is 0 Å². The topological polar surface area (TPSA) is 37.3 Å². The van der Waals surface area contributed by atoms with Gasteiger partial charge in [-0.1, -0.05) is 30.2 Å². The van der Waals surface area contributed by atoms with Gasteiger partial charge in [0.25, 0.3) is 0 Å². The van der Waals surface area contributed by atoms with E-state index in [1.165, 1.54) is 0 Å². The van der Waals surface area contributed by atoms with Gasteiger partial charge >= 0.3 is 5.97 Å². The van der Waals surface area contributed by atoms with E-state index in [0.29, 0.717) is 0 Å². The summed E-state index contributed by atoms with van der Waals surface area (Å²) in [6, 6.07) is -1.98. The molecule has 0 heterocycles. The molecule has 0 aliphatic carbocycles. The molecule has 0 amide bonds. The summed E-state index contributed by atoms with van der Waals surface area (Å²) in [4.78, 5) is 10.4. The molecular formula is C9H10O2. The lowest BCUT2D eigenvalue weighted by molar-refractivity contribution is -0.136. The van der Waals surface area contributed by atoms with Gasteiger partial charge in [-0.25, -0.2) is 0 Å². The van der Waals surface area contributed by atoms with Crippen LogP contribution in [-0.4, -0.2) is 11.1 Å². The second kappa shape index (κ2) is 3.76. The lowest BCUT2D eigenvalue weighted by Crippen LogP contribution is -1.96. The fourth-order valence-electron chi connectivity index (χ4n) is 0.633. The Bertz CT molecular complexity index is 415. The van der Waals surface area contributed by atoms with Gasteiger partial charge in [0.15, 0.2) is 0 Å². The Morgan fingerprint density at radius 3 is 2.64 bits per heavy atom. The molecule has 1 aromatic rings. The van der Waals surface area contributed by atoms with Gasteiger partial charge in [0.2, 0.25) is 0 Å². The Morgan fingerprint density at radius 2 is 2.09 bits per heavy atom. The maximum atomic E-state index is 10.4. The van der Waals surface area contributed by atoms with Crippen LogP contribution in [0.15, 0.2) is 30.2 Å². The maximum absolute atomic E-state index is 10.4. The molecule has 2 heteroatoms. The summed E-state index contributed by atoms with van der Waals surface area (Å²) in [5.41, 5.74) is 0.0494. The quantitative estimate of drug-likeness (QED) is 0.721. The number of carbonyl (C=O) groups is 1. The van der Waals surface area contributed by atoms with E-state index in [0.717, 1.165) is 0 Å². The van der Waals surface area contributed by atoms with E-state index in [-0.39, 0.29) is 30.5 Å². The minimum atomic E-state index is -1.06. The molecule has 0 atom stereocenters. The van der Waals surface area contributed by atoms with Gasteiger partial charge in [-0.2, -0.15) is 0 Å². The van der Waals surface area contributed by atoms with Crippen molar-refractivity contribution >= 4 is 5.97 Å². The van der Waals surface area contributed by atoms with Gasteiger partial charge in [-0.05, 0) is 12.0 Å². The fraction of sp³-hybridized carbons (Fsp3) is 0.222. The monoisotopic (exact) mass is 155 g/mol. The highest BCUT2D eigenvalue weighted by Crippen LogP contribution is 2.01. The van der Waals surface area contributed by atoms with E-state index < -0.39 is 24.1 Å². The van der Waals surface area contributed by atoms with Gasteiger partial charge in [0.05, 0.1) is 6.85 Å². The highest BCUT2D eigenvalue weighted by atomic mass is 16.4. The molecule has 0 bridgehead atoms. The Balaban J connectivity index is 3.23. The number of benzene rings is 1. The molecule has 1 N–H and O–H groups in total. The summed E-state index contributed by atoms with van der Waals surface area (Å²) < 4.78 is 37.1. The van der Waals surface area contributed by atoms with E-state index in [1.807, 2.05) is 0 Å². The third kappa shape index (κ3) is 2.85. The van der Waals surface area contributed by atoms with Crippen molar-refractivity contribution in [2.45, 2.75) is 12.8 Å². The largest absolute Gasteiger partial charge is 0.481 e. The molecule has 0 saturated heterocycles. The summed E-state index contributed by atoms with van der Waals surface area (Å²) in [5, 5.41) is 8.50. The maximum Gasteiger partial charge on any atom is 0.303 e. The normalized spacial score (nSPS) is 15.8. The summed E-state index contributed by atoms with van der Waals surface area (Å²) in [5.74, 6) is -1.06. The highest BCUT2D eigenvalue weighted by Gasteiger charge is 1.96. The summed E-state index contributed by atoms with van der Waals surface area (Å²) in [6.45, 7) is 0. The first-order valence-electron chi connectivity index (χ1n) is 5.63. The van der Waals surface area contributed by atoms with E-state index >= 15 is 0 Å². The first kappa shape index (κ1) is 3.39. The van der Waals surface area contributed by atoms with Crippen LogP contribution in [0.4, 0.5) is 0 Å². The predicted octanol–water partition coefficient (Wildman–Crippen LogP) is 1.70. The van der Waals surface area contributed by atoms with Gasteiger partial charge in [-0.3, -0.25) is 4.79 Å². The molecule has 0 spiro atoms. The van der Waals surface area contributed by atoms with Gasteiger partial charge in [0.1, 0.15) is 0 Å².